The molecular weight excluding hydrogens is 162 g/mol. The van der Waals surface area contributed by atoms with Crippen LogP contribution in [0.3, 0.4) is 0 Å². The normalized spacial score (nSPS) is 11.0. The SMILES string of the molecule is CCCC(CCC)n1nccc1N. The van der Waals surface area contributed by atoms with Crippen LogP contribution in [-0.4, -0.2) is 9.78 Å². The molecule has 74 valence electrons. The van der Waals surface area contributed by atoms with Gasteiger partial charge in [0.05, 0.1) is 12.2 Å². The Balaban J connectivity index is 2.69. The summed E-state index contributed by atoms with van der Waals surface area (Å²) in [5.74, 6) is 0.784. The van der Waals surface area contributed by atoms with Gasteiger partial charge in [-0.15, -0.1) is 0 Å². The van der Waals surface area contributed by atoms with Crippen molar-refractivity contribution in [2.75, 3.05) is 5.73 Å². The number of hydrogen-bond donors (Lipinski definition) is 1. The first-order chi connectivity index (χ1) is 6.29. The maximum absolute atomic E-state index is 5.80. The van der Waals surface area contributed by atoms with E-state index < -0.39 is 0 Å². The third-order valence-electron chi connectivity index (χ3n) is 2.29. The van der Waals surface area contributed by atoms with Gasteiger partial charge in [0.25, 0.3) is 0 Å². The Morgan fingerprint density at radius 3 is 2.38 bits per heavy atom. The Labute approximate surface area is 79.9 Å². The minimum absolute atomic E-state index is 0.491. The zero-order valence-corrected chi connectivity index (χ0v) is 8.53. The number of anilines is 1. The van der Waals surface area contributed by atoms with E-state index in [-0.39, 0.29) is 0 Å². The van der Waals surface area contributed by atoms with E-state index in [4.69, 9.17) is 5.73 Å². The minimum atomic E-state index is 0.491. The highest BCUT2D eigenvalue weighted by Gasteiger charge is 2.11. The van der Waals surface area contributed by atoms with Crippen molar-refractivity contribution in [3.63, 3.8) is 0 Å². The second-order valence-corrected chi connectivity index (χ2v) is 3.43. The lowest BCUT2D eigenvalue weighted by atomic mass is 10.1. The molecule has 3 heteroatoms. The van der Waals surface area contributed by atoms with Crippen LogP contribution in [0.4, 0.5) is 5.82 Å². The zero-order chi connectivity index (χ0) is 9.68. The number of aromatic nitrogens is 2. The standard InChI is InChI=1S/C10H19N3/c1-3-5-9(6-4-2)13-10(11)7-8-12-13/h7-9H,3-6,11H2,1-2H3. The van der Waals surface area contributed by atoms with Crippen LogP contribution in [-0.2, 0) is 0 Å². The Morgan fingerprint density at radius 2 is 2.00 bits per heavy atom. The largest absolute Gasteiger partial charge is 0.384 e. The van der Waals surface area contributed by atoms with Crippen LogP contribution in [0.15, 0.2) is 12.3 Å². The summed E-state index contributed by atoms with van der Waals surface area (Å²) in [4.78, 5) is 0. The lowest BCUT2D eigenvalue weighted by Gasteiger charge is -2.17. The first kappa shape index (κ1) is 10.1. The molecule has 0 bridgehead atoms. The number of nitrogen functional groups attached to an aromatic ring is 1. The van der Waals surface area contributed by atoms with Crippen molar-refractivity contribution < 1.29 is 0 Å². The van der Waals surface area contributed by atoms with E-state index in [9.17, 15) is 0 Å². The van der Waals surface area contributed by atoms with Gasteiger partial charge in [-0.1, -0.05) is 26.7 Å². The lowest BCUT2D eigenvalue weighted by Crippen LogP contribution is -2.12. The van der Waals surface area contributed by atoms with Crippen LogP contribution in [0.5, 0.6) is 0 Å². The Morgan fingerprint density at radius 1 is 1.38 bits per heavy atom. The summed E-state index contributed by atoms with van der Waals surface area (Å²) in [5, 5.41) is 4.24. The molecule has 2 N–H and O–H groups in total. The molecule has 0 atom stereocenters. The van der Waals surface area contributed by atoms with Gasteiger partial charge in [-0.2, -0.15) is 5.10 Å². The third-order valence-corrected chi connectivity index (χ3v) is 2.29. The summed E-state index contributed by atoms with van der Waals surface area (Å²) in [7, 11) is 0. The van der Waals surface area contributed by atoms with Crippen LogP contribution in [0.2, 0.25) is 0 Å². The highest BCUT2D eigenvalue weighted by molar-refractivity contribution is 5.26. The first-order valence-corrected chi connectivity index (χ1v) is 5.08. The zero-order valence-electron chi connectivity index (χ0n) is 8.53. The Kier molecular flexibility index (Phi) is 3.80. The van der Waals surface area contributed by atoms with Gasteiger partial charge in [-0.25, -0.2) is 4.68 Å². The number of hydrogen-bond acceptors (Lipinski definition) is 2. The molecule has 3 nitrogen and oxygen atoms in total. The van der Waals surface area contributed by atoms with Gasteiger partial charge in [0.15, 0.2) is 0 Å². The molecule has 0 unspecified atom stereocenters. The summed E-state index contributed by atoms with van der Waals surface area (Å²) >= 11 is 0. The fourth-order valence-electron chi connectivity index (χ4n) is 1.69. The van der Waals surface area contributed by atoms with E-state index in [2.05, 4.69) is 18.9 Å². The fourth-order valence-corrected chi connectivity index (χ4v) is 1.69. The van der Waals surface area contributed by atoms with Gasteiger partial charge in [-0.3, -0.25) is 0 Å². The highest BCUT2D eigenvalue weighted by atomic mass is 15.3. The average Bonchev–Trinajstić information content (AvgIpc) is 2.51. The number of nitrogens with zero attached hydrogens (tertiary/aromatic N) is 2. The van der Waals surface area contributed by atoms with Crippen LogP contribution < -0.4 is 5.73 Å². The van der Waals surface area contributed by atoms with Crippen molar-refractivity contribution in [3.8, 4) is 0 Å². The molecule has 1 aromatic heterocycles. The minimum Gasteiger partial charge on any atom is -0.384 e. The molecule has 0 radical (unpaired) electrons. The van der Waals surface area contributed by atoms with Gasteiger partial charge in [0, 0.05) is 0 Å². The van der Waals surface area contributed by atoms with Crippen LogP contribution in [0.25, 0.3) is 0 Å². The maximum Gasteiger partial charge on any atom is 0.121 e. The van der Waals surface area contributed by atoms with E-state index in [1.54, 1.807) is 6.20 Å². The Bertz CT molecular complexity index is 236. The maximum atomic E-state index is 5.80. The van der Waals surface area contributed by atoms with Crippen molar-refractivity contribution in [2.45, 2.75) is 45.6 Å². The van der Waals surface area contributed by atoms with E-state index in [1.165, 1.54) is 25.7 Å². The predicted octanol–water partition coefficient (Wildman–Crippen LogP) is 2.61. The fraction of sp³-hybridized carbons (Fsp3) is 0.700. The topological polar surface area (TPSA) is 43.8 Å². The summed E-state index contributed by atoms with van der Waals surface area (Å²) in [6.07, 6.45) is 6.47. The second-order valence-electron chi connectivity index (χ2n) is 3.43. The monoisotopic (exact) mass is 181 g/mol. The first-order valence-electron chi connectivity index (χ1n) is 5.08. The highest BCUT2D eigenvalue weighted by Crippen LogP contribution is 2.21. The predicted molar refractivity (Wildman–Crippen MR) is 55.5 cm³/mol. The molecular formula is C10H19N3. The second kappa shape index (κ2) is 4.90. The molecule has 1 rings (SSSR count). The molecule has 1 heterocycles. The van der Waals surface area contributed by atoms with Gasteiger partial charge in [-0.05, 0) is 18.9 Å². The van der Waals surface area contributed by atoms with E-state index in [0.29, 0.717) is 6.04 Å². The molecule has 1 aromatic rings. The van der Waals surface area contributed by atoms with Crippen molar-refractivity contribution >= 4 is 5.82 Å². The Hall–Kier alpha value is -0.990. The van der Waals surface area contributed by atoms with Crippen molar-refractivity contribution in [2.24, 2.45) is 0 Å². The van der Waals surface area contributed by atoms with Crippen LogP contribution in [0.1, 0.15) is 45.6 Å². The molecule has 0 spiro atoms. The van der Waals surface area contributed by atoms with Gasteiger partial charge >= 0.3 is 0 Å². The van der Waals surface area contributed by atoms with Crippen molar-refractivity contribution in [3.05, 3.63) is 12.3 Å². The van der Waals surface area contributed by atoms with Gasteiger partial charge < -0.3 is 5.73 Å². The summed E-state index contributed by atoms with van der Waals surface area (Å²) in [5.41, 5.74) is 5.80. The third kappa shape index (κ3) is 2.47. The molecule has 0 saturated heterocycles. The number of rotatable bonds is 5. The van der Waals surface area contributed by atoms with Crippen molar-refractivity contribution in [1.82, 2.24) is 9.78 Å². The van der Waals surface area contributed by atoms with E-state index in [1.807, 2.05) is 10.7 Å². The molecule has 0 amide bonds. The molecule has 0 saturated carbocycles. The number of nitrogens with two attached hydrogens (primary N) is 1. The van der Waals surface area contributed by atoms with E-state index >= 15 is 0 Å². The molecule has 0 fully saturated rings. The summed E-state index contributed by atoms with van der Waals surface area (Å²) < 4.78 is 1.95. The summed E-state index contributed by atoms with van der Waals surface area (Å²) in [6.45, 7) is 4.39. The average molecular weight is 181 g/mol. The smallest absolute Gasteiger partial charge is 0.121 e. The molecule has 13 heavy (non-hydrogen) atoms. The van der Waals surface area contributed by atoms with Crippen LogP contribution >= 0.6 is 0 Å². The van der Waals surface area contributed by atoms with Gasteiger partial charge in [0.2, 0.25) is 0 Å². The summed E-state index contributed by atoms with van der Waals surface area (Å²) in [6, 6.07) is 2.35. The van der Waals surface area contributed by atoms with Crippen molar-refractivity contribution in [1.29, 1.82) is 0 Å². The lowest BCUT2D eigenvalue weighted by molar-refractivity contribution is 0.396. The van der Waals surface area contributed by atoms with E-state index in [0.717, 1.165) is 5.82 Å². The van der Waals surface area contributed by atoms with Crippen LogP contribution in [0, 0.1) is 0 Å². The van der Waals surface area contributed by atoms with Gasteiger partial charge in [0.1, 0.15) is 5.82 Å². The quantitative estimate of drug-likeness (QED) is 0.758. The molecule has 0 aromatic carbocycles. The molecule has 0 aliphatic rings. The molecule has 0 aliphatic carbocycles. The molecule has 0 aliphatic heterocycles.